The maximum atomic E-state index is 12.5. The van der Waals surface area contributed by atoms with E-state index in [1.807, 2.05) is 55.5 Å². The molecule has 0 saturated heterocycles. The molecule has 0 radical (unpaired) electrons. The van der Waals surface area contributed by atoms with E-state index in [-0.39, 0.29) is 11.9 Å². The first-order valence-corrected chi connectivity index (χ1v) is 8.62. The highest BCUT2D eigenvalue weighted by atomic mass is 16.5. The van der Waals surface area contributed by atoms with E-state index in [1.165, 1.54) is 6.33 Å². The number of likely N-dealkylation sites (N-methyl/N-ethyl adjacent to an activating group) is 1. The second kappa shape index (κ2) is 8.31. The predicted octanol–water partition coefficient (Wildman–Crippen LogP) is 3.51. The fourth-order valence-corrected chi connectivity index (χ4v) is 2.66. The molecule has 0 bridgehead atoms. The van der Waals surface area contributed by atoms with Crippen molar-refractivity contribution in [2.24, 2.45) is 0 Å². The maximum absolute atomic E-state index is 12.5. The van der Waals surface area contributed by atoms with Gasteiger partial charge in [0.2, 0.25) is 5.91 Å². The molecule has 2 aromatic carbocycles. The molecule has 0 spiro atoms. The lowest BCUT2D eigenvalue weighted by atomic mass is 10.1. The van der Waals surface area contributed by atoms with Crippen LogP contribution in [0, 0.1) is 0 Å². The molecule has 138 valence electrons. The van der Waals surface area contributed by atoms with Crippen LogP contribution in [0.2, 0.25) is 0 Å². The topological polar surface area (TPSA) is 60.2 Å². The van der Waals surface area contributed by atoms with E-state index >= 15 is 0 Å². The summed E-state index contributed by atoms with van der Waals surface area (Å²) >= 11 is 0. The third-order valence-corrected chi connectivity index (χ3v) is 4.52. The van der Waals surface area contributed by atoms with E-state index < -0.39 is 0 Å². The van der Waals surface area contributed by atoms with Gasteiger partial charge in [0, 0.05) is 13.1 Å². The van der Waals surface area contributed by atoms with Gasteiger partial charge in [-0.05, 0) is 48.4 Å². The highest BCUT2D eigenvalue weighted by Gasteiger charge is 2.15. The maximum Gasteiger partial charge on any atom is 0.246 e. The minimum Gasteiger partial charge on any atom is -0.497 e. The zero-order chi connectivity index (χ0) is 19.2. The Labute approximate surface area is 158 Å². The van der Waals surface area contributed by atoms with Crippen LogP contribution in [0.1, 0.15) is 24.1 Å². The molecule has 6 nitrogen and oxygen atoms in total. The summed E-state index contributed by atoms with van der Waals surface area (Å²) < 4.78 is 6.83. The van der Waals surface area contributed by atoms with Gasteiger partial charge in [-0.25, -0.2) is 9.67 Å². The SMILES string of the molecule is COc1ccc(/C=C/C(=O)N(C)[C@H](C)c2ccc(-n3cncn3)cc2)cc1. The molecular weight excluding hydrogens is 340 g/mol. The van der Waals surface area contributed by atoms with Crippen molar-refractivity contribution >= 4 is 12.0 Å². The number of rotatable bonds is 6. The number of benzene rings is 2. The Kier molecular flexibility index (Phi) is 5.66. The quantitative estimate of drug-likeness (QED) is 0.630. The molecule has 27 heavy (non-hydrogen) atoms. The summed E-state index contributed by atoms with van der Waals surface area (Å²) in [6.45, 7) is 2.00. The van der Waals surface area contributed by atoms with Gasteiger partial charge in [0.25, 0.3) is 0 Å². The average Bonchev–Trinajstić information content (AvgIpc) is 3.26. The summed E-state index contributed by atoms with van der Waals surface area (Å²) in [6.07, 6.45) is 6.54. The van der Waals surface area contributed by atoms with Crippen LogP contribution in [0.3, 0.4) is 0 Å². The lowest BCUT2D eigenvalue weighted by molar-refractivity contribution is -0.126. The fraction of sp³-hybridized carbons (Fsp3) is 0.190. The van der Waals surface area contributed by atoms with E-state index in [1.54, 1.807) is 42.2 Å². The van der Waals surface area contributed by atoms with Gasteiger partial charge in [-0.15, -0.1) is 0 Å². The second-order valence-corrected chi connectivity index (χ2v) is 6.16. The van der Waals surface area contributed by atoms with Crippen molar-refractivity contribution in [2.75, 3.05) is 14.2 Å². The molecule has 3 rings (SSSR count). The van der Waals surface area contributed by atoms with Crippen molar-refractivity contribution in [3.8, 4) is 11.4 Å². The molecule has 0 N–H and O–H groups in total. The van der Waals surface area contributed by atoms with Crippen LogP contribution in [-0.2, 0) is 4.79 Å². The van der Waals surface area contributed by atoms with E-state index in [9.17, 15) is 4.79 Å². The molecule has 0 saturated carbocycles. The Balaban J connectivity index is 1.65. The first-order chi connectivity index (χ1) is 13.1. The van der Waals surface area contributed by atoms with Gasteiger partial charge in [-0.1, -0.05) is 24.3 Å². The molecule has 0 fully saturated rings. The summed E-state index contributed by atoms with van der Waals surface area (Å²) in [7, 11) is 3.43. The first-order valence-electron chi connectivity index (χ1n) is 8.62. The summed E-state index contributed by atoms with van der Waals surface area (Å²) in [5, 5.41) is 4.11. The number of carbonyl (C=O) groups excluding carboxylic acids is 1. The molecule has 1 atom stereocenters. The highest BCUT2D eigenvalue weighted by molar-refractivity contribution is 5.91. The number of methoxy groups -OCH3 is 1. The van der Waals surface area contributed by atoms with Crippen LogP contribution in [0.4, 0.5) is 0 Å². The van der Waals surface area contributed by atoms with Crippen LogP contribution in [-0.4, -0.2) is 39.7 Å². The second-order valence-electron chi connectivity index (χ2n) is 6.16. The Hall–Kier alpha value is -3.41. The molecule has 1 amide bonds. The van der Waals surface area contributed by atoms with Gasteiger partial charge < -0.3 is 9.64 Å². The lowest BCUT2D eigenvalue weighted by Gasteiger charge is -2.24. The third-order valence-electron chi connectivity index (χ3n) is 4.52. The summed E-state index contributed by atoms with van der Waals surface area (Å²) in [5.74, 6) is 0.734. The monoisotopic (exact) mass is 362 g/mol. The van der Waals surface area contributed by atoms with Crippen LogP contribution >= 0.6 is 0 Å². The normalized spacial score (nSPS) is 12.1. The zero-order valence-electron chi connectivity index (χ0n) is 15.6. The van der Waals surface area contributed by atoms with Crippen molar-refractivity contribution in [3.05, 3.63) is 78.4 Å². The molecule has 0 aliphatic rings. The molecule has 0 aliphatic heterocycles. The van der Waals surface area contributed by atoms with Crippen LogP contribution < -0.4 is 4.74 Å². The van der Waals surface area contributed by atoms with Crippen molar-refractivity contribution in [2.45, 2.75) is 13.0 Å². The number of hydrogen-bond donors (Lipinski definition) is 0. The van der Waals surface area contributed by atoms with Gasteiger partial charge in [0.05, 0.1) is 18.8 Å². The largest absolute Gasteiger partial charge is 0.497 e. The third kappa shape index (κ3) is 4.41. The minimum atomic E-state index is -0.0568. The van der Waals surface area contributed by atoms with Crippen LogP contribution in [0.5, 0.6) is 5.75 Å². The van der Waals surface area contributed by atoms with Gasteiger partial charge >= 0.3 is 0 Å². The van der Waals surface area contributed by atoms with Crippen molar-refractivity contribution in [3.63, 3.8) is 0 Å². The van der Waals surface area contributed by atoms with E-state index in [2.05, 4.69) is 10.1 Å². The number of ether oxygens (including phenoxy) is 1. The molecule has 1 aromatic heterocycles. The highest BCUT2D eigenvalue weighted by Crippen LogP contribution is 2.21. The van der Waals surface area contributed by atoms with Crippen LogP contribution in [0.25, 0.3) is 11.8 Å². The van der Waals surface area contributed by atoms with Gasteiger partial charge in [0.1, 0.15) is 18.4 Å². The first kappa shape index (κ1) is 18.4. The van der Waals surface area contributed by atoms with E-state index in [4.69, 9.17) is 4.74 Å². The van der Waals surface area contributed by atoms with Gasteiger partial charge in [-0.2, -0.15) is 5.10 Å². The molecule has 0 unspecified atom stereocenters. The number of nitrogens with zero attached hydrogens (tertiary/aromatic N) is 4. The Morgan fingerprint density at radius 2 is 1.85 bits per heavy atom. The smallest absolute Gasteiger partial charge is 0.246 e. The standard InChI is InChI=1S/C21H22N4O2/c1-16(18-7-9-19(10-8-18)25-15-22-14-23-25)24(2)21(26)13-6-17-4-11-20(27-3)12-5-17/h4-16H,1-3H3/b13-6+/t16-/m1/s1. The van der Waals surface area contributed by atoms with Crippen molar-refractivity contribution < 1.29 is 9.53 Å². The lowest BCUT2D eigenvalue weighted by Crippen LogP contribution is -2.27. The van der Waals surface area contributed by atoms with Crippen molar-refractivity contribution in [1.29, 1.82) is 0 Å². The van der Waals surface area contributed by atoms with Crippen molar-refractivity contribution in [1.82, 2.24) is 19.7 Å². The van der Waals surface area contributed by atoms with Crippen LogP contribution in [0.15, 0.2) is 67.3 Å². The molecule has 6 heteroatoms. The molecule has 0 aliphatic carbocycles. The Morgan fingerprint density at radius 1 is 1.15 bits per heavy atom. The summed E-state index contributed by atoms with van der Waals surface area (Å²) in [6, 6.07) is 15.4. The Bertz CT molecular complexity index is 900. The van der Waals surface area contributed by atoms with Gasteiger partial charge in [0.15, 0.2) is 0 Å². The summed E-state index contributed by atoms with van der Waals surface area (Å²) in [4.78, 5) is 18.2. The van der Waals surface area contributed by atoms with E-state index in [0.717, 1.165) is 22.6 Å². The number of hydrogen-bond acceptors (Lipinski definition) is 4. The summed E-state index contributed by atoms with van der Waals surface area (Å²) in [5.41, 5.74) is 2.92. The van der Waals surface area contributed by atoms with Gasteiger partial charge in [-0.3, -0.25) is 4.79 Å². The molecular formula is C21H22N4O2. The number of amides is 1. The average molecular weight is 362 g/mol. The fourth-order valence-electron chi connectivity index (χ4n) is 2.66. The predicted molar refractivity (Wildman–Crippen MR) is 105 cm³/mol. The zero-order valence-corrected chi connectivity index (χ0v) is 15.6. The Morgan fingerprint density at radius 3 is 2.44 bits per heavy atom. The number of carbonyl (C=O) groups is 1. The van der Waals surface area contributed by atoms with E-state index in [0.29, 0.717) is 0 Å². The minimum absolute atomic E-state index is 0.0530. The number of aromatic nitrogens is 3. The molecule has 1 heterocycles. The molecule has 3 aromatic rings.